The van der Waals surface area contributed by atoms with Gasteiger partial charge >= 0.3 is 0 Å². The maximum Gasteiger partial charge on any atom is 0.253 e. The minimum absolute atomic E-state index is 0.0940. The van der Waals surface area contributed by atoms with E-state index in [0.29, 0.717) is 11.5 Å². The van der Waals surface area contributed by atoms with Crippen LogP contribution in [0.5, 0.6) is 5.75 Å². The first-order valence-corrected chi connectivity index (χ1v) is 9.90. The second-order valence-corrected chi connectivity index (χ2v) is 7.79. The van der Waals surface area contributed by atoms with Crippen molar-refractivity contribution < 1.29 is 9.53 Å². The Bertz CT molecular complexity index is 1000. The molecule has 0 bridgehead atoms. The summed E-state index contributed by atoms with van der Waals surface area (Å²) in [4.78, 5) is 19.3. The predicted molar refractivity (Wildman–Crippen MR) is 111 cm³/mol. The highest BCUT2D eigenvalue weighted by Crippen LogP contribution is 2.25. The molecule has 5 heteroatoms. The molecular weight excluding hydrogens is 350 g/mol. The molecule has 1 aliphatic rings. The number of nitrogens with zero attached hydrogens (tertiary/aromatic N) is 3. The second-order valence-electron chi connectivity index (χ2n) is 7.79. The molecule has 1 amide bonds. The average Bonchev–Trinajstić information content (AvgIpc) is 3.10. The van der Waals surface area contributed by atoms with E-state index in [1.807, 2.05) is 35.5 Å². The second kappa shape index (κ2) is 7.66. The Hall–Kier alpha value is -2.82. The Morgan fingerprint density at radius 2 is 1.89 bits per heavy atom. The molecule has 146 valence electrons. The molecule has 0 unspecified atom stereocenters. The maximum absolute atomic E-state index is 12.8. The van der Waals surface area contributed by atoms with E-state index in [1.54, 1.807) is 7.11 Å². The number of fused-ring (bicyclic) bond motifs is 1. The van der Waals surface area contributed by atoms with Gasteiger partial charge in [0.05, 0.1) is 24.5 Å². The molecule has 0 aliphatic carbocycles. The standard InChI is InChI=1S/C23H27N3O2/c1-16-11-21-22(12-17(16)2)26(15-24-21)14-18-7-9-25(10-8-18)23(27)19-5-4-6-20(13-19)28-3/h4-6,11-13,15,18H,7-10,14H2,1-3H3. The average molecular weight is 377 g/mol. The van der Waals surface area contributed by atoms with Crippen LogP contribution in [0.2, 0.25) is 0 Å². The Kier molecular flexibility index (Phi) is 5.07. The lowest BCUT2D eigenvalue weighted by Crippen LogP contribution is -2.39. The van der Waals surface area contributed by atoms with Crippen molar-refractivity contribution in [1.29, 1.82) is 0 Å². The van der Waals surface area contributed by atoms with E-state index in [0.717, 1.165) is 43.7 Å². The number of amides is 1. The van der Waals surface area contributed by atoms with E-state index < -0.39 is 0 Å². The van der Waals surface area contributed by atoms with Crippen molar-refractivity contribution in [2.24, 2.45) is 5.92 Å². The third-order valence-corrected chi connectivity index (χ3v) is 5.91. The van der Waals surface area contributed by atoms with Crippen molar-refractivity contribution in [2.45, 2.75) is 33.2 Å². The van der Waals surface area contributed by atoms with Gasteiger partial charge in [-0.05, 0) is 74.1 Å². The van der Waals surface area contributed by atoms with E-state index >= 15 is 0 Å². The van der Waals surface area contributed by atoms with Crippen molar-refractivity contribution >= 4 is 16.9 Å². The first-order valence-electron chi connectivity index (χ1n) is 9.90. The van der Waals surface area contributed by atoms with E-state index in [-0.39, 0.29) is 5.91 Å². The molecule has 1 saturated heterocycles. The van der Waals surface area contributed by atoms with Gasteiger partial charge in [0.25, 0.3) is 5.91 Å². The molecule has 1 aromatic heterocycles. The zero-order valence-electron chi connectivity index (χ0n) is 16.8. The first kappa shape index (κ1) is 18.5. The Morgan fingerprint density at radius 1 is 1.14 bits per heavy atom. The molecule has 1 fully saturated rings. The molecule has 0 spiro atoms. The van der Waals surface area contributed by atoms with Gasteiger partial charge in [-0.25, -0.2) is 4.98 Å². The van der Waals surface area contributed by atoms with Gasteiger partial charge in [-0.2, -0.15) is 0 Å². The number of carbonyl (C=O) groups excluding carboxylic acids is 1. The first-order chi connectivity index (χ1) is 13.5. The van der Waals surface area contributed by atoms with Crippen LogP contribution in [-0.4, -0.2) is 40.6 Å². The number of benzene rings is 2. The lowest BCUT2D eigenvalue weighted by atomic mass is 9.96. The Morgan fingerprint density at radius 3 is 2.64 bits per heavy atom. The number of carbonyl (C=O) groups is 1. The quantitative estimate of drug-likeness (QED) is 0.684. The number of aromatic nitrogens is 2. The molecule has 28 heavy (non-hydrogen) atoms. The summed E-state index contributed by atoms with van der Waals surface area (Å²) in [6, 6.07) is 11.8. The summed E-state index contributed by atoms with van der Waals surface area (Å²) < 4.78 is 7.51. The van der Waals surface area contributed by atoms with Gasteiger partial charge in [0, 0.05) is 25.2 Å². The van der Waals surface area contributed by atoms with Crippen molar-refractivity contribution in [2.75, 3.05) is 20.2 Å². The number of methoxy groups -OCH3 is 1. The van der Waals surface area contributed by atoms with Gasteiger partial charge in [0.2, 0.25) is 0 Å². The monoisotopic (exact) mass is 377 g/mol. The molecule has 0 N–H and O–H groups in total. The van der Waals surface area contributed by atoms with Crippen molar-refractivity contribution in [3.05, 3.63) is 59.4 Å². The smallest absolute Gasteiger partial charge is 0.253 e. The molecule has 1 aliphatic heterocycles. The lowest BCUT2D eigenvalue weighted by Gasteiger charge is -2.32. The fourth-order valence-corrected chi connectivity index (χ4v) is 3.99. The maximum atomic E-state index is 12.8. The van der Waals surface area contributed by atoms with Crippen LogP contribution in [0, 0.1) is 19.8 Å². The third kappa shape index (κ3) is 3.61. The minimum Gasteiger partial charge on any atom is -0.497 e. The SMILES string of the molecule is COc1cccc(C(=O)N2CCC(Cn3cnc4cc(C)c(C)cc43)CC2)c1. The number of piperidine rings is 1. The third-order valence-electron chi connectivity index (χ3n) is 5.91. The normalized spacial score (nSPS) is 15.2. The molecule has 2 aromatic carbocycles. The molecular formula is C23H27N3O2. The fraction of sp³-hybridized carbons (Fsp3) is 0.391. The van der Waals surface area contributed by atoms with Crippen LogP contribution in [0.4, 0.5) is 0 Å². The van der Waals surface area contributed by atoms with Gasteiger partial charge in [0.15, 0.2) is 0 Å². The number of likely N-dealkylation sites (tertiary alicyclic amines) is 1. The zero-order valence-corrected chi connectivity index (χ0v) is 16.8. The molecule has 4 rings (SSSR count). The molecule has 3 aromatic rings. The fourth-order valence-electron chi connectivity index (χ4n) is 3.99. The summed E-state index contributed by atoms with van der Waals surface area (Å²) >= 11 is 0. The number of aryl methyl sites for hydroxylation is 2. The summed E-state index contributed by atoms with van der Waals surface area (Å²) in [5, 5.41) is 0. The lowest BCUT2D eigenvalue weighted by molar-refractivity contribution is 0.0683. The summed E-state index contributed by atoms with van der Waals surface area (Å²) in [5.74, 6) is 1.38. The largest absolute Gasteiger partial charge is 0.497 e. The van der Waals surface area contributed by atoms with Gasteiger partial charge < -0.3 is 14.2 Å². The van der Waals surface area contributed by atoms with Gasteiger partial charge in [-0.3, -0.25) is 4.79 Å². The van der Waals surface area contributed by atoms with Crippen LogP contribution >= 0.6 is 0 Å². The van der Waals surface area contributed by atoms with Crippen molar-refractivity contribution in [3.63, 3.8) is 0 Å². The number of imidazole rings is 1. The zero-order chi connectivity index (χ0) is 19.7. The van der Waals surface area contributed by atoms with Crippen LogP contribution in [0.3, 0.4) is 0 Å². The molecule has 0 saturated carbocycles. The van der Waals surface area contributed by atoms with Gasteiger partial charge in [0.1, 0.15) is 5.75 Å². The number of hydrogen-bond donors (Lipinski definition) is 0. The summed E-state index contributed by atoms with van der Waals surface area (Å²) in [6.07, 6.45) is 3.98. The summed E-state index contributed by atoms with van der Waals surface area (Å²) in [5.41, 5.74) is 5.55. The molecule has 0 atom stereocenters. The van der Waals surface area contributed by atoms with E-state index in [9.17, 15) is 4.79 Å². The van der Waals surface area contributed by atoms with Gasteiger partial charge in [-0.1, -0.05) is 6.07 Å². The van der Waals surface area contributed by atoms with Crippen LogP contribution in [-0.2, 0) is 6.54 Å². The highest BCUT2D eigenvalue weighted by molar-refractivity contribution is 5.94. The van der Waals surface area contributed by atoms with E-state index in [2.05, 4.69) is 35.5 Å². The van der Waals surface area contributed by atoms with Crippen LogP contribution in [0.1, 0.15) is 34.3 Å². The topological polar surface area (TPSA) is 47.4 Å². The number of hydrogen-bond acceptors (Lipinski definition) is 3. The highest BCUT2D eigenvalue weighted by atomic mass is 16.5. The van der Waals surface area contributed by atoms with Crippen LogP contribution in [0.15, 0.2) is 42.7 Å². The molecule has 0 radical (unpaired) electrons. The Balaban J connectivity index is 1.40. The van der Waals surface area contributed by atoms with Crippen LogP contribution < -0.4 is 4.74 Å². The number of ether oxygens (including phenoxy) is 1. The van der Waals surface area contributed by atoms with Gasteiger partial charge in [-0.15, -0.1) is 0 Å². The Labute approximate surface area is 165 Å². The highest BCUT2D eigenvalue weighted by Gasteiger charge is 2.24. The van der Waals surface area contributed by atoms with Crippen molar-refractivity contribution in [3.8, 4) is 5.75 Å². The number of rotatable bonds is 4. The minimum atomic E-state index is 0.0940. The predicted octanol–water partition coefficient (Wildman–Crippen LogP) is 4.21. The van der Waals surface area contributed by atoms with E-state index in [4.69, 9.17) is 4.74 Å². The summed E-state index contributed by atoms with van der Waals surface area (Å²) in [6.45, 7) is 6.83. The molecule has 5 nitrogen and oxygen atoms in total. The summed E-state index contributed by atoms with van der Waals surface area (Å²) in [7, 11) is 1.62. The van der Waals surface area contributed by atoms with Crippen molar-refractivity contribution in [1.82, 2.24) is 14.5 Å². The van der Waals surface area contributed by atoms with E-state index in [1.165, 1.54) is 16.6 Å². The van der Waals surface area contributed by atoms with Crippen LogP contribution in [0.25, 0.3) is 11.0 Å². The molecule has 2 heterocycles.